The van der Waals surface area contributed by atoms with Crippen molar-refractivity contribution in [2.45, 2.75) is 6.54 Å². The Morgan fingerprint density at radius 1 is 0.758 bits per heavy atom. The first-order valence-corrected chi connectivity index (χ1v) is 11.3. The Balaban J connectivity index is 1.32. The first-order valence-electron chi connectivity index (χ1n) is 11.3. The summed E-state index contributed by atoms with van der Waals surface area (Å²) in [6.45, 7) is 4.54. The quantitative estimate of drug-likeness (QED) is 0.347. The molecule has 5 aromatic rings. The smallest absolute Gasteiger partial charge is 0.336 e. The second-order valence-electron chi connectivity index (χ2n) is 8.55. The third-order valence-electron chi connectivity index (χ3n) is 6.50. The molecule has 1 aliphatic heterocycles. The van der Waals surface area contributed by atoms with E-state index < -0.39 is 0 Å². The first-order chi connectivity index (χ1) is 16.2. The largest absolute Gasteiger partial charge is 0.464 e. The minimum Gasteiger partial charge on any atom is -0.464 e. The van der Waals surface area contributed by atoms with Gasteiger partial charge < -0.3 is 13.7 Å². The number of nitrogens with zero attached hydrogens (tertiary/aromatic N) is 2. The van der Waals surface area contributed by atoms with E-state index in [9.17, 15) is 4.79 Å². The van der Waals surface area contributed by atoms with E-state index in [2.05, 4.69) is 52.3 Å². The van der Waals surface area contributed by atoms with Crippen LogP contribution in [0.25, 0.3) is 33.1 Å². The van der Waals surface area contributed by atoms with Crippen LogP contribution in [-0.2, 0) is 6.54 Å². The van der Waals surface area contributed by atoms with Crippen LogP contribution in [0.5, 0.6) is 0 Å². The molecule has 0 N–H and O–H groups in total. The van der Waals surface area contributed by atoms with Gasteiger partial charge in [0, 0.05) is 66.9 Å². The molecule has 0 unspecified atom stereocenters. The standard InChI is InChI=1S/C28H24N2O3/c31-28-15-21(18-29-11-13-30(14-12-29)22-9-5-2-6-10-22)23-16-24-25(20-7-3-1-4-8-20)19-32-26(24)17-27(23)33-28/h1-10,15-17,19H,11-14,18H2. The van der Waals surface area contributed by atoms with Gasteiger partial charge in [0.15, 0.2) is 0 Å². The number of furan rings is 1. The Labute approximate surface area is 191 Å². The average molecular weight is 437 g/mol. The van der Waals surface area contributed by atoms with Crippen LogP contribution in [0, 0.1) is 0 Å². The molecule has 0 atom stereocenters. The predicted octanol–water partition coefficient (Wildman–Crippen LogP) is 5.53. The molecule has 2 aromatic heterocycles. The zero-order valence-corrected chi connectivity index (χ0v) is 18.2. The van der Waals surface area contributed by atoms with E-state index in [1.807, 2.05) is 30.3 Å². The van der Waals surface area contributed by atoms with E-state index in [1.54, 1.807) is 12.3 Å². The SMILES string of the molecule is O=c1cc(CN2CCN(c3ccccc3)CC2)c2cc3c(-c4ccccc4)coc3cc2o1. The fourth-order valence-electron chi connectivity index (χ4n) is 4.76. The molecule has 0 bridgehead atoms. The summed E-state index contributed by atoms with van der Waals surface area (Å²) in [5.41, 5.74) is 5.37. The summed E-state index contributed by atoms with van der Waals surface area (Å²) in [6, 6.07) is 26.3. The summed E-state index contributed by atoms with van der Waals surface area (Å²) in [7, 11) is 0. The maximum atomic E-state index is 12.3. The fraction of sp³-hybridized carbons (Fsp3) is 0.179. The van der Waals surface area contributed by atoms with Crippen molar-refractivity contribution in [1.29, 1.82) is 0 Å². The highest BCUT2D eigenvalue weighted by Gasteiger charge is 2.19. The van der Waals surface area contributed by atoms with Crippen molar-refractivity contribution in [3.8, 4) is 11.1 Å². The molecule has 0 saturated carbocycles. The Morgan fingerprint density at radius 2 is 1.48 bits per heavy atom. The van der Waals surface area contributed by atoms with Gasteiger partial charge in [0.2, 0.25) is 0 Å². The summed E-state index contributed by atoms with van der Waals surface area (Å²) in [4.78, 5) is 17.1. The van der Waals surface area contributed by atoms with E-state index in [0.717, 1.165) is 65.8 Å². The Hall–Kier alpha value is -3.83. The molecule has 33 heavy (non-hydrogen) atoms. The fourth-order valence-corrected chi connectivity index (χ4v) is 4.76. The van der Waals surface area contributed by atoms with Crippen LogP contribution in [-0.4, -0.2) is 31.1 Å². The molecule has 0 radical (unpaired) electrons. The molecular formula is C28H24N2O3. The van der Waals surface area contributed by atoms with Gasteiger partial charge in [-0.3, -0.25) is 4.90 Å². The van der Waals surface area contributed by atoms with E-state index in [4.69, 9.17) is 8.83 Å². The molecule has 0 aliphatic carbocycles. The number of para-hydroxylation sites is 1. The van der Waals surface area contributed by atoms with Crippen molar-refractivity contribution in [3.63, 3.8) is 0 Å². The Kier molecular flexibility index (Phi) is 4.96. The number of rotatable bonds is 4. The monoisotopic (exact) mass is 436 g/mol. The third kappa shape index (κ3) is 3.81. The summed E-state index contributed by atoms with van der Waals surface area (Å²) < 4.78 is 11.4. The highest BCUT2D eigenvalue weighted by Crippen LogP contribution is 2.34. The van der Waals surface area contributed by atoms with Crippen molar-refractivity contribution >= 4 is 27.6 Å². The van der Waals surface area contributed by atoms with Crippen molar-refractivity contribution < 1.29 is 8.83 Å². The van der Waals surface area contributed by atoms with Crippen LogP contribution in [0.15, 0.2) is 98.8 Å². The van der Waals surface area contributed by atoms with Crippen LogP contribution >= 0.6 is 0 Å². The van der Waals surface area contributed by atoms with Crippen LogP contribution in [0.4, 0.5) is 5.69 Å². The zero-order chi connectivity index (χ0) is 22.2. The zero-order valence-electron chi connectivity index (χ0n) is 18.2. The van der Waals surface area contributed by atoms with Crippen molar-refractivity contribution in [1.82, 2.24) is 4.90 Å². The molecule has 5 nitrogen and oxygen atoms in total. The van der Waals surface area contributed by atoms with Crippen LogP contribution in [0.3, 0.4) is 0 Å². The van der Waals surface area contributed by atoms with E-state index in [0.29, 0.717) is 5.58 Å². The molecule has 5 heteroatoms. The number of hydrogen-bond acceptors (Lipinski definition) is 5. The lowest BCUT2D eigenvalue weighted by Gasteiger charge is -2.36. The van der Waals surface area contributed by atoms with Gasteiger partial charge in [0.25, 0.3) is 0 Å². The lowest BCUT2D eigenvalue weighted by atomic mass is 10.0. The number of hydrogen-bond donors (Lipinski definition) is 0. The minimum atomic E-state index is -0.324. The van der Waals surface area contributed by atoms with E-state index in [-0.39, 0.29) is 5.63 Å². The average Bonchev–Trinajstić information content (AvgIpc) is 3.27. The van der Waals surface area contributed by atoms with Gasteiger partial charge >= 0.3 is 5.63 Å². The van der Waals surface area contributed by atoms with Gasteiger partial charge in [0.1, 0.15) is 11.2 Å². The van der Waals surface area contributed by atoms with Crippen molar-refractivity contribution in [2.75, 3.05) is 31.1 Å². The lowest BCUT2D eigenvalue weighted by molar-refractivity contribution is 0.250. The normalized spacial score (nSPS) is 14.8. The van der Waals surface area contributed by atoms with E-state index >= 15 is 0 Å². The van der Waals surface area contributed by atoms with Gasteiger partial charge in [-0.2, -0.15) is 0 Å². The number of anilines is 1. The maximum absolute atomic E-state index is 12.3. The highest BCUT2D eigenvalue weighted by molar-refractivity contribution is 6.02. The van der Waals surface area contributed by atoms with Gasteiger partial charge in [-0.15, -0.1) is 0 Å². The van der Waals surface area contributed by atoms with Gasteiger partial charge in [-0.25, -0.2) is 4.79 Å². The van der Waals surface area contributed by atoms with Crippen molar-refractivity contribution in [2.24, 2.45) is 0 Å². The van der Waals surface area contributed by atoms with Gasteiger partial charge in [0.05, 0.1) is 6.26 Å². The second-order valence-corrected chi connectivity index (χ2v) is 8.55. The molecule has 1 fully saturated rings. The highest BCUT2D eigenvalue weighted by atomic mass is 16.4. The minimum absolute atomic E-state index is 0.324. The van der Waals surface area contributed by atoms with E-state index in [1.165, 1.54) is 5.69 Å². The molecule has 1 saturated heterocycles. The third-order valence-corrected chi connectivity index (χ3v) is 6.50. The maximum Gasteiger partial charge on any atom is 0.336 e. The summed E-state index contributed by atoms with van der Waals surface area (Å²) in [5.74, 6) is 0. The van der Waals surface area contributed by atoms with Crippen LogP contribution < -0.4 is 10.5 Å². The number of benzene rings is 3. The van der Waals surface area contributed by atoms with Crippen LogP contribution in [0.1, 0.15) is 5.56 Å². The van der Waals surface area contributed by atoms with Gasteiger partial charge in [-0.1, -0.05) is 48.5 Å². The molecule has 0 spiro atoms. The molecule has 6 rings (SSSR count). The summed E-state index contributed by atoms with van der Waals surface area (Å²) in [6.07, 6.45) is 1.78. The molecule has 3 aromatic carbocycles. The van der Waals surface area contributed by atoms with Gasteiger partial charge in [-0.05, 0) is 29.3 Å². The second kappa shape index (κ2) is 8.26. The number of piperazine rings is 1. The lowest BCUT2D eigenvalue weighted by Crippen LogP contribution is -2.46. The predicted molar refractivity (Wildman–Crippen MR) is 132 cm³/mol. The molecule has 164 valence electrons. The Morgan fingerprint density at radius 3 is 2.24 bits per heavy atom. The summed E-state index contributed by atoms with van der Waals surface area (Å²) in [5, 5.41) is 1.99. The molecular weight excluding hydrogens is 412 g/mol. The first kappa shape index (κ1) is 19.8. The van der Waals surface area contributed by atoms with Crippen molar-refractivity contribution in [3.05, 3.63) is 101 Å². The number of fused-ring (bicyclic) bond motifs is 2. The summed E-state index contributed by atoms with van der Waals surface area (Å²) >= 11 is 0. The topological polar surface area (TPSA) is 49.8 Å². The Bertz CT molecular complexity index is 1460. The molecule has 3 heterocycles. The van der Waals surface area contributed by atoms with Crippen LogP contribution in [0.2, 0.25) is 0 Å². The molecule has 0 amide bonds. The molecule has 1 aliphatic rings.